The van der Waals surface area contributed by atoms with Gasteiger partial charge in [-0.15, -0.1) is 0 Å². The summed E-state index contributed by atoms with van der Waals surface area (Å²) in [5.41, 5.74) is 4.12. The molecule has 1 unspecified atom stereocenters. The molecule has 192 valence electrons. The number of ether oxygens (including phenoxy) is 1. The molecule has 1 fully saturated rings. The zero-order valence-corrected chi connectivity index (χ0v) is 21.6. The second-order valence-corrected chi connectivity index (χ2v) is 9.94. The molecule has 38 heavy (non-hydrogen) atoms. The normalized spacial score (nSPS) is 15.8. The standard InChI is InChI=1S/C30H27ClN4O3/c1-38-27-14-5-2-10-23(27)32-30(37)34(22-15-16-22)19-28(36)35-25-12-4-3-11-24(25)33-17-7-13-26(33)29(35)20-8-6-9-21(31)18-20/h2-14,17-18,22,29H,15-16,19H2,1H3,(H,32,37). The summed E-state index contributed by atoms with van der Waals surface area (Å²) in [6.07, 6.45) is 3.73. The minimum Gasteiger partial charge on any atom is -0.495 e. The predicted octanol–water partition coefficient (Wildman–Crippen LogP) is 6.27. The molecule has 2 heterocycles. The summed E-state index contributed by atoms with van der Waals surface area (Å²) in [6.45, 7) is -0.0578. The summed E-state index contributed by atoms with van der Waals surface area (Å²) >= 11 is 6.39. The molecule has 6 rings (SSSR count). The second-order valence-electron chi connectivity index (χ2n) is 9.50. The third-order valence-electron chi connectivity index (χ3n) is 7.06. The lowest BCUT2D eigenvalue weighted by Gasteiger charge is -2.39. The first-order valence-corrected chi connectivity index (χ1v) is 13.0. The number of hydrogen-bond donors (Lipinski definition) is 1. The molecule has 2 aliphatic rings. The lowest BCUT2D eigenvalue weighted by Crippen LogP contribution is -2.48. The number of halogens is 1. The van der Waals surface area contributed by atoms with Crippen molar-refractivity contribution in [2.45, 2.75) is 24.9 Å². The van der Waals surface area contributed by atoms with E-state index in [9.17, 15) is 9.59 Å². The fraction of sp³-hybridized carbons (Fsp3) is 0.200. The van der Waals surface area contributed by atoms with Gasteiger partial charge in [0.15, 0.2) is 0 Å². The minimum absolute atomic E-state index is 0.0159. The molecule has 1 aliphatic carbocycles. The first-order valence-electron chi connectivity index (χ1n) is 12.6. The second kappa shape index (κ2) is 9.91. The van der Waals surface area contributed by atoms with E-state index in [0.29, 0.717) is 16.5 Å². The van der Waals surface area contributed by atoms with Gasteiger partial charge in [0.1, 0.15) is 18.3 Å². The van der Waals surface area contributed by atoms with E-state index < -0.39 is 6.04 Å². The SMILES string of the molecule is COc1ccccc1NC(=O)N(CC(=O)N1c2ccccc2-n2cccc2C1c1cccc(Cl)c1)C1CC1. The van der Waals surface area contributed by atoms with Crippen LogP contribution in [0.15, 0.2) is 91.1 Å². The van der Waals surface area contributed by atoms with Crippen molar-refractivity contribution in [3.63, 3.8) is 0 Å². The third kappa shape index (κ3) is 4.39. The van der Waals surface area contributed by atoms with E-state index in [0.717, 1.165) is 35.5 Å². The van der Waals surface area contributed by atoms with Crippen molar-refractivity contribution >= 4 is 34.9 Å². The number of urea groups is 1. The molecule has 1 aliphatic heterocycles. The highest BCUT2D eigenvalue weighted by Gasteiger charge is 2.40. The van der Waals surface area contributed by atoms with Gasteiger partial charge in [0.2, 0.25) is 5.91 Å². The number of nitrogens with zero attached hydrogens (tertiary/aromatic N) is 3. The number of hydrogen-bond acceptors (Lipinski definition) is 3. The van der Waals surface area contributed by atoms with Gasteiger partial charge < -0.3 is 19.5 Å². The van der Waals surface area contributed by atoms with Crippen LogP contribution in [0.3, 0.4) is 0 Å². The number of amides is 3. The number of rotatable bonds is 6. The van der Waals surface area contributed by atoms with Crippen LogP contribution in [0.25, 0.3) is 5.69 Å². The van der Waals surface area contributed by atoms with Crippen molar-refractivity contribution in [3.05, 3.63) is 107 Å². The Balaban J connectivity index is 1.36. The molecule has 0 bridgehead atoms. The molecule has 0 spiro atoms. The molecule has 4 aromatic rings. The van der Waals surface area contributed by atoms with E-state index in [1.807, 2.05) is 83.9 Å². The van der Waals surface area contributed by atoms with Crippen LogP contribution in [0, 0.1) is 0 Å². The number of para-hydroxylation sites is 4. The maximum Gasteiger partial charge on any atom is 0.322 e. The maximum absolute atomic E-state index is 14.2. The molecule has 1 atom stereocenters. The van der Waals surface area contributed by atoms with E-state index >= 15 is 0 Å². The van der Waals surface area contributed by atoms with Crippen LogP contribution >= 0.6 is 11.6 Å². The summed E-state index contributed by atoms with van der Waals surface area (Å²) in [5, 5.41) is 3.54. The molecule has 3 amide bonds. The number of fused-ring (bicyclic) bond motifs is 3. The zero-order valence-electron chi connectivity index (χ0n) is 20.9. The molecule has 8 heteroatoms. The summed E-state index contributed by atoms with van der Waals surface area (Å²) in [4.78, 5) is 31.1. The average Bonchev–Trinajstić information content (AvgIpc) is 3.66. The molecule has 1 aromatic heterocycles. The lowest BCUT2D eigenvalue weighted by atomic mass is 9.97. The Morgan fingerprint density at radius 3 is 2.50 bits per heavy atom. The topological polar surface area (TPSA) is 66.8 Å². The van der Waals surface area contributed by atoms with Crippen LogP contribution in [-0.2, 0) is 4.79 Å². The van der Waals surface area contributed by atoms with Crippen LogP contribution in [0.1, 0.15) is 30.1 Å². The highest BCUT2D eigenvalue weighted by Crippen LogP contribution is 2.43. The van der Waals surface area contributed by atoms with Crippen molar-refractivity contribution in [1.82, 2.24) is 9.47 Å². The van der Waals surface area contributed by atoms with Gasteiger partial charge in [-0.3, -0.25) is 9.69 Å². The maximum atomic E-state index is 14.2. The van der Waals surface area contributed by atoms with Gasteiger partial charge in [0.05, 0.1) is 29.9 Å². The largest absolute Gasteiger partial charge is 0.495 e. The number of nitrogens with one attached hydrogen (secondary N) is 1. The van der Waals surface area contributed by atoms with Crippen LogP contribution in [0.2, 0.25) is 5.02 Å². The van der Waals surface area contributed by atoms with Gasteiger partial charge in [-0.25, -0.2) is 4.79 Å². The van der Waals surface area contributed by atoms with E-state index in [2.05, 4.69) is 9.88 Å². The van der Waals surface area contributed by atoms with Gasteiger partial charge in [0.25, 0.3) is 0 Å². The van der Waals surface area contributed by atoms with E-state index in [1.54, 1.807) is 24.1 Å². The lowest BCUT2D eigenvalue weighted by molar-refractivity contribution is -0.119. The highest BCUT2D eigenvalue weighted by molar-refractivity contribution is 6.30. The van der Waals surface area contributed by atoms with Crippen LogP contribution in [0.4, 0.5) is 16.2 Å². The molecular formula is C30H27ClN4O3. The third-order valence-corrected chi connectivity index (χ3v) is 7.29. The van der Waals surface area contributed by atoms with Crippen molar-refractivity contribution < 1.29 is 14.3 Å². The Hall–Kier alpha value is -4.23. The Kier molecular flexibility index (Phi) is 6.29. The quantitative estimate of drug-likeness (QED) is 0.322. The fourth-order valence-electron chi connectivity index (χ4n) is 5.16. The number of aromatic nitrogens is 1. The van der Waals surface area contributed by atoms with Gasteiger partial charge in [-0.05, 0) is 66.9 Å². The highest BCUT2D eigenvalue weighted by atomic mass is 35.5. The molecule has 0 radical (unpaired) electrons. The predicted molar refractivity (Wildman–Crippen MR) is 148 cm³/mol. The molecule has 1 saturated carbocycles. The van der Waals surface area contributed by atoms with Crippen LogP contribution in [0.5, 0.6) is 5.75 Å². The molecule has 7 nitrogen and oxygen atoms in total. The summed E-state index contributed by atoms with van der Waals surface area (Å²) < 4.78 is 7.50. The summed E-state index contributed by atoms with van der Waals surface area (Å²) in [6, 6.07) is 26.0. The molecule has 0 saturated heterocycles. The summed E-state index contributed by atoms with van der Waals surface area (Å²) in [7, 11) is 1.56. The van der Waals surface area contributed by atoms with Crippen molar-refractivity contribution in [2.24, 2.45) is 0 Å². The number of methoxy groups -OCH3 is 1. The monoisotopic (exact) mass is 526 g/mol. The van der Waals surface area contributed by atoms with Gasteiger partial charge in [0, 0.05) is 17.3 Å². The van der Waals surface area contributed by atoms with E-state index in [-0.39, 0.29) is 24.5 Å². The molecule has 1 N–H and O–H groups in total. The number of carbonyl (C=O) groups excluding carboxylic acids is 2. The van der Waals surface area contributed by atoms with Gasteiger partial charge >= 0.3 is 6.03 Å². The van der Waals surface area contributed by atoms with Crippen molar-refractivity contribution in [3.8, 4) is 11.4 Å². The number of carbonyl (C=O) groups is 2. The smallest absolute Gasteiger partial charge is 0.322 e. The van der Waals surface area contributed by atoms with Crippen LogP contribution in [-0.4, -0.2) is 41.1 Å². The average molecular weight is 527 g/mol. The first kappa shape index (κ1) is 24.1. The van der Waals surface area contributed by atoms with Crippen LogP contribution < -0.4 is 15.0 Å². The van der Waals surface area contributed by atoms with Crippen molar-refractivity contribution in [1.29, 1.82) is 0 Å². The van der Waals surface area contributed by atoms with Gasteiger partial charge in [-0.2, -0.15) is 0 Å². The molecular weight excluding hydrogens is 500 g/mol. The number of benzene rings is 3. The fourth-order valence-corrected chi connectivity index (χ4v) is 5.36. The Morgan fingerprint density at radius 1 is 0.974 bits per heavy atom. The molecule has 3 aromatic carbocycles. The first-order chi connectivity index (χ1) is 18.5. The minimum atomic E-state index is -0.399. The summed E-state index contributed by atoms with van der Waals surface area (Å²) in [5.74, 6) is 0.395. The van der Waals surface area contributed by atoms with E-state index in [1.165, 1.54) is 0 Å². The van der Waals surface area contributed by atoms with Gasteiger partial charge in [-0.1, -0.05) is 48.0 Å². The van der Waals surface area contributed by atoms with E-state index in [4.69, 9.17) is 16.3 Å². The Bertz CT molecular complexity index is 1510. The van der Waals surface area contributed by atoms with Crippen molar-refractivity contribution in [2.75, 3.05) is 23.9 Å². The number of anilines is 2. The zero-order chi connectivity index (χ0) is 26.2. The Morgan fingerprint density at radius 2 is 1.74 bits per heavy atom. The Labute approximate surface area is 226 Å².